The van der Waals surface area contributed by atoms with E-state index in [0.717, 1.165) is 12.0 Å². The molecular formula is C9H12O. The summed E-state index contributed by atoms with van der Waals surface area (Å²) in [6.45, 7) is 7.55. The quantitative estimate of drug-likeness (QED) is 0.504. The summed E-state index contributed by atoms with van der Waals surface area (Å²) in [5.74, 6) is 0.194. The van der Waals surface area contributed by atoms with Crippen LogP contribution < -0.4 is 0 Å². The lowest BCUT2D eigenvalue weighted by Crippen LogP contribution is -2.18. The van der Waals surface area contributed by atoms with E-state index in [1.54, 1.807) is 12.2 Å². The molecule has 0 radical (unpaired) electrons. The second-order valence-corrected chi connectivity index (χ2v) is 3.15. The van der Waals surface area contributed by atoms with Gasteiger partial charge in [0, 0.05) is 0 Å². The zero-order valence-electron chi connectivity index (χ0n) is 6.48. The van der Waals surface area contributed by atoms with Gasteiger partial charge in [-0.05, 0) is 26.3 Å². The molecule has 54 valence electrons. The average Bonchev–Trinajstić information content (AvgIpc) is 2.09. The Morgan fingerprint density at radius 1 is 1.80 bits per heavy atom. The van der Waals surface area contributed by atoms with Gasteiger partial charge in [-0.1, -0.05) is 11.6 Å². The fraction of sp³-hybridized carbons (Fsp3) is 0.444. The van der Waals surface area contributed by atoms with Crippen LogP contribution in [0.1, 0.15) is 20.3 Å². The van der Waals surface area contributed by atoms with Crippen LogP contribution in [0, 0.1) is 5.41 Å². The molecule has 0 bridgehead atoms. The highest BCUT2D eigenvalue weighted by molar-refractivity contribution is 5.99. The zero-order chi connectivity index (χ0) is 7.78. The van der Waals surface area contributed by atoms with Crippen LogP contribution in [0.25, 0.3) is 0 Å². The van der Waals surface area contributed by atoms with Gasteiger partial charge in [0.2, 0.25) is 0 Å². The number of carbonyl (C=O) groups excluding carboxylic acids is 1. The van der Waals surface area contributed by atoms with E-state index in [1.807, 2.05) is 13.8 Å². The third-order valence-corrected chi connectivity index (χ3v) is 2.04. The Bertz CT molecular complexity index is 213. The molecular weight excluding hydrogens is 124 g/mol. The third kappa shape index (κ3) is 0.919. The first-order valence-electron chi connectivity index (χ1n) is 3.44. The molecule has 0 spiro atoms. The highest BCUT2D eigenvalue weighted by Crippen LogP contribution is 2.34. The van der Waals surface area contributed by atoms with Gasteiger partial charge in [-0.3, -0.25) is 4.79 Å². The van der Waals surface area contributed by atoms with Crippen molar-refractivity contribution in [3.8, 4) is 0 Å². The summed E-state index contributed by atoms with van der Waals surface area (Å²) in [5, 5.41) is 0. The van der Waals surface area contributed by atoms with Crippen molar-refractivity contribution in [2.75, 3.05) is 0 Å². The number of allylic oxidation sites excluding steroid dienone is 3. The number of hydrogen-bond acceptors (Lipinski definition) is 1. The Kier molecular flexibility index (Phi) is 1.51. The van der Waals surface area contributed by atoms with Crippen molar-refractivity contribution >= 4 is 5.78 Å². The summed E-state index contributed by atoms with van der Waals surface area (Å²) >= 11 is 0. The van der Waals surface area contributed by atoms with Gasteiger partial charge in [-0.2, -0.15) is 0 Å². The molecule has 0 aromatic rings. The third-order valence-electron chi connectivity index (χ3n) is 2.04. The van der Waals surface area contributed by atoms with Gasteiger partial charge >= 0.3 is 0 Å². The van der Waals surface area contributed by atoms with Crippen LogP contribution in [-0.2, 0) is 4.79 Å². The molecule has 0 saturated heterocycles. The molecule has 1 unspecified atom stereocenters. The average molecular weight is 136 g/mol. The van der Waals surface area contributed by atoms with Crippen LogP contribution in [0.5, 0.6) is 0 Å². The molecule has 0 amide bonds. The maximum atomic E-state index is 11.2. The molecule has 0 aliphatic heterocycles. The summed E-state index contributed by atoms with van der Waals surface area (Å²) in [5.41, 5.74) is 0.858. The zero-order valence-corrected chi connectivity index (χ0v) is 6.48. The molecule has 10 heavy (non-hydrogen) atoms. The standard InChI is InChI=1S/C9H12O/c1-4-9(3)6-7(2)5-8(9)10/h4-5H,1,6H2,2-3H3. The van der Waals surface area contributed by atoms with Gasteiger partial charge in [0.1, 0.15) is 0 Å². The first-order valence-corrected chi connectivity index (χ1v) is 3.44. The summed E-state index contributed by atoms with van der Waals surface area (Å²) < 4.78 is 0. The van der Waals surface area contributed by atoms with Gasteiger partial charge in [0.05, 0.1) is 5.41 Å². The summed E-state index contributed by atoms with van der Waals surface area (Å²) in [4.78, 5) is 11.2. The molecule has 0 heterocycles. The second kappa shape index (κ2) is 2.08. The first kappa shape index (κ1) is 7.26. The van der Waals surface area contributed by atoms with Gasteiger partial charge in [-0.25, -0.2) is 0 Å². The molecule has 0 aromatic heterocycles. The topological polar surface area (TPSA) is 17.1 Å². The number of hydrogen-bond donors (Lipinski definition) is 0. The van der Waals surface area contributed by atoms with E-state index in [0.29, 0.717) is 0 Å². The van der Waals surface area contributed by atoms with Gasteiger partial charge in [0.15, 0.2) is 5.78 Å². The van der Waals surface area contributed by atoms with E-state index in [4.69, 9.17) is 0 Å². The smallest absolute Gasteiger partial charge is 0.165 e. The second-order valence-electron chi connectivity index (χ2n) is 3.15. The lowest BCUT2D eigenvalue weighted by atomic mass is 9.86. The van der Waals surface area contributed by atoms with Gasteiger partial charge in [0.25, 0.3) is 0 Å². The molecule has 1 heteroatoms. The van der Waals surface area contributed by atoms with Gasteiger partial charge in [-0.15, -0.1) is 6.58 Å². The number of rotatable bonds is 1. The largest absolute Gasteiger partial charge is 0.294 e. The van der Waals surface area contributed by atoms with Crippen LogP contribution in [0.3, 0.4) is 0 Å². The summed E-state index contributed by atoms with van der Waals surface area (Å²) in [7, 11) is 0. The minimum Gasteiger partial charge on any atom is -0.294 e. The van der Waals surface area contributed by atoms with Crippen molar-refractivity contribution in [1.29, 1.82) is 0 Å². The summed E-state index contributed by atoms with van der Waals surface area (Å²) in [6.07, 6.45) is 4.29. The first-order chi connectivity index (χ1) is 4.58. The van der Waals surface area contributed by atoms with Crippen LogP contribution in [0.2, 0.25) is 0 Å². The highest BCUT2D eigenvalue weighted by atomic mass is 16.1. The predicted octanol–water partition coefficient (Wildman–Crippen LogP) is 2.10. The van der Waals surface area contributed by atoms with Crippen molar-refractivity contribution in [3.63, 3.8) is 0 Å². The van der Waals surface area contributed by atoms with Crippen molar-refractivity contribution in [2.24, 2.45) is 5.41 Å². The van der Waals surface area contributed by atoms with Crippen molar-refractivity contribution < 1.29 is 4.79 Å². The molecule has 1 rings (SSSR count). The molecule has 0 saturated carbocycles. The Hall–Kier alpha value is -0.850. The lowest BCUT2D eigenvalue weighted by Gasteiger charge is -2.15. The Labute approximate surface area is 61.4 Å². The number of ketones is 1. The van der Waals surface area contributed by atoms with E-state index >= 15 is 0 Å². The Morgan fingerprint density at radius 3 is 2.60 bits per heavy atom. The van der Waals surface area contributed by atoms with Crippen LogP contribution in [0.4, 0.5) is 0 Å². The Balaban J connectivity index is 2.91. The van der Waals surface area contributed by atoms with E-state index in [9.17, 15) is 4.79 Å². The molecule has 0 aromatic carbocycles. The van der Waals surface area contributed by atoms with Crippen molar-refractivity contribution in [1.82, 2.24) is 0 Å². The van der Waals surface area contributed by atoms with Gasteiger partial charge < -0.3 is 0 Å². The molecule has 1 nitrogen and oxygen atoms in total. The van der Waals surface area contributed by atoms with E-state index in [-0.39, 0.29) is 11.2 Å². The molecule has 1 aliphatic rings. The minimum absolute atomic E-state index is 0.194. The van der Waals surface area contributed by atoms with Crippen LogP contribution in [0.15, 0.2) is 24.3 Å². The van der Waals surface area contributed by atoms with E-state index < -0.39 is 0 Å². The van der Waals surface area contributed by atoms with Crippen molar-refractivity contribution in [3.05, 3.63) is 24.3 Å². The molecule has 0 fully saturated rings. The maximum absolute atomic E-state index is 11.2. The molecule has 1 atom stereocenters. The highest BCUT2D eigenvalue weighted by Gasteiger charge is 2.32. The van der Waals surface area contributed by atoms with Crippen LogP contribution in [-0.4, -0.2) is 5.78 Å². The lowest BCUT2D eigenvalue weighted by molar-refractivity contribution is -0.119. The minimum atomic E-state index is -0.302. The van der Waals surface area contributed by atoms with E-state index in [1.165, 1.54) is 0 Å². The normalized spacial score (nSPS) is 32.2. The fourth-order valence-corrected chi connectivity index (χ4v) is 1.28. The van der Waals surface area contributed by atoms with E-state index in [2.05, 4.69) is 6.58 Å². The molecule has 1 aliphatic carbocycles. The van der Waals surface area contributed by atoms with Crippen molar-refractivity contribution in [2.45, 2.75) is 20.3 Å². The Morgan fingerprint density at radius 2 is 2.40 bits per heavy atom. The predicted molar refractivity (Wildman–Crippen MR) is 41.7 cm³/mol. The SMILES string of the molecule is C=CC1(C)CC(C)=CC1=O. The van der Waals surface area contributed by atoms with Crippen LogP contribution >= 0.6 is 0 Å². The molecule has 0 N–H and O–H groups in total. The fourth-order valence-electron chi connectivity index (χ4n) is 1.28. The summed E-state index contributed by atoms with van der Waals surface area (Å²) in [6, 6.07) is 0. The number of carbonyl (C=O) groups is 1. The maximum Gasteiger partial charge on any atom is 0.165 e. The monoisotopic (exact) mass is 136 g/mol.